The summed E-state index contributed by atoms with van der Waals surface area (Å²) < 4.78 is 2.06. The fourth-order valence-corrected chi connectivity index (χ4v) is 3.95. The summed E-state index contributed by atoms with van der Waals surface area (Å²) in [6.07, 6.45) is 0. The first-order valence-electron chi connectivity index (χ1n) is 8.52. The Hall–Kier alpha value is -2.47. The van der Waals surface area contributed by atoms with Gasteiger partial charge < -0.3 is 5.32 Å². The standard InChI is InChI=1S/C21H15Cl2N3OS/c22-16-11-10-14(12-17(16)23)24-20(27)13-28-21-25-18-8-4-5-9-19(18)26(21)15-6-2-1-3-7-15/h1-12H,13H2,(H,24,27). The molecule has 1 aromatic heterocycles. The molecule has 0 aliphatic carbocycles. The monoisotopic (exact) mass is 427 g/mol. The van der Waals surface area contributed by atoms with Crippen molar-refractivity contribution in [3.63, 3.8) is 0 Å². The molecule has 0 atom stereocenters. The summed E-state index contributed by atoms with van der Waals surface area (Å²) in [6.45, 7) is 0. The van der Waals surface area contributed by atoms with Crippen LogP contribution in [0.4, 0.5) is 5.69 Å². The summed E-state index contributed by atoms with van der Waals surface area (Å²) in [5, 5.41) is 4.44. The molecule has 140 valence electrons. The Morgan fingerprint density at radius 1 is 0.964 bits per heavy atom. The Bertz CT molecular complexity index is 1150. The Balaban J connectivity index is 1.56. The molecule has 3 aromatic carbocycles. The molecule has 0 fully saturated rings. The zero-order chi connectivity index (χ0) is 19.5. The summed E-state index contributed by atoms with van der Waals surface area (Å²) in [4.78, 5) is 17.1. The van der Waals surface area contributed by atoms with Crippen LogP contribution in [0.5, 0.6) is 0 Å². The number of halogens is 2. The first-order valence-corrected chi connectivity index (χ1v) is 10.3. The van der Waals surface area contributed by atoms with E-state index in [1.54, 1.807) is 18.2 Å². The van der Waals surface area contributed by atoms with Crippen LogP contribution in [0.25, 0.3) is 16.7 Å². The molecule has 0 saturated carbocycles. The molecule has 0 bridgehead atoms. The molecule has 0 spiro atoms. The van der Waals surface area contributed by atoms with Crippen LogP contribution in [0, 0.1) is 0 Å². The predicted octanol–water partition coefficient (Wildman–Crippen LogP) is 6.06. The van der Waals surface area contributed by atoms with Gasteiger partial charge in [0, 0.05) is 11.4 Å². The number of rotatable bonds is 5. The largest absolute Gasteiger partial charge is 0.325 e. The van der Waals surface area contributed by atoms with Crippen LogP contribution in [-0.2, 0) is 4.79 Å². The van der Waals surface area contributed by atoms with E-state index >= 15 is 0 Å². The molecule has 1 heterocycles. The number of nitrogens with zero attached hydrogens (tertiary/aromatic N) is 2. The van der Waals surface area contributed by atoms with Crippen LogP contribution >= 0.6 is 35.0 Å². The highest BCUT2D eigenvalue weighted by molar-refractivity contribution is 7.99. The molecule has 4 nitrogen and oxygen atoms in total. The summed E-state index contributed by atoms with van der Waals surface area (Å²) in [5.74, 6) is 0.0752. The smallest absolute Gasteiger partial charge is 0.234 e. The first-order chi connectivity index (χ1) is 13.6. The minimum atomic E-state index is -0.143. The minimum Gasteiger partial charge on any atom is -0.325 e. The number of amides is 1. The fourth-order valence-electron chi connectivity index (χ4n) is 2.83. The molecule has 0 radical (unpaired) electrons. The second kappa shape index (κ2) is 8.27. The second-order valence-electron chi connectivity index (χ2n) is 6.02. The first kappa shape index (κ1) is 18.9. The lowest BCUT2D eigenvalue weighted by molar-refractivity contribution is -0.113. The van der Waals surface area contributed by atoms with E-state index in [0.717, 1.165) is 21.9 Å². The lowest BCUT2D eigenvalue weighted by Crippen LogP contribution is -2.14. The fraction of sp³-hybridized carbons (Fsp3) is 0.0476. The number of hydrogen-bond donors (Lipinski definition) is 1. The number of carbonyl (C=O) groups excluding carboxylic acids is 1. The lowest BCUT2D eigenvalue weighted by Gasteiger charge is -2.09. The van der Waals surface area contributed by atoms with Crippen molar-refractivity contribution in [1.29, 1.82) is 0 Å². The maximum Gasteiger partial charge on any atom is 0.234 e. The molecular formula is C21H15Cl2N3OS. The molecule has 28 heavy (non-hydrogen) atoms. The van der Waals surface area contributed by atoms with Gasteiger partial charge in [-0.05, 0) is 42.5 Å². The van der Waals surface area contributed by atoms with Crippen molar-refractivity contribution in [2.75, 3.05) is 11.1 Å². The Kier molecular flexibility index (Phi) is 5.57. The minimum absolute atomic E-state index is 0.143. The van der Waals surface area contributed by atoms with Gasteiger partial charge in [-0.15, -0.1) is 0 Å². The molecule has 4 rings (SSSR count). The highest BCUT2D eigenvalue weighted by Crippen LogP contribution is 2.28. The van der Waals surface area contributed by atoms with Crippen LogP contribution < -0.4 is 5.32 Å². The van der Waals surface area contributed by atoms with Gasteiger partial charge >= 0.3 is 0 Å². The molecule has 1 amide bonds. The molecule has 7 heteroatoms. The molecule has 0 aliphatic heterocycles. The van der Waals surface area contributed by atoms with Crippen molar-refractivity contribution in [2.24, 2.45) is 0 Å². The van der Waals surface area contributed by atoms with Crippen LogP contribution in [0.15, 0.2) is 78.0 Å². The van der Waals surface area contributed by atoms with Crippen LogP contribution in [0.3, 0.4) is 0 Å². The van der Waals surface area contributed by atoms with Gasteiger partial charge in [0.15, 0.2) is 5.16 Å². The van der Waals surface area contributed by atoms with Crippen LogP contribution in [-0.4, -0.2) is 21.2 Å². The van der Waals surface area contributed by atoms with Gasteiger partial charge in [0.25, 0.3) is 0 Å². The molecular weight excluding hydrogens is 413 g/mol. The number of thioether (sulfide) groups is 1. The van der Waals surface area contributed by atoms with E-state index < -0.39 is 0 Å². The Labute approximate surface area is 176 Å². The van der Waals surface area contributed by atoms with E-state index in [4.69, 9.17) is 28.2 Å². The number of para-hydroxylation sites is 3. The molecule has 0 unspecified atom stereocenters. The number of nitrogens with one attached hydrogen (secondary N) is 1. The zero-order valence-electron chi connectivity index (χ0n) is 14.6. The van der Waals surface area contributed by atoms with Crippen molar-refractivity contribution in [3.05, 3.63) is 82.8 Å². The average Bonchev–Trinajstić information content (AvgIpc) is 3.08. The summed E-state index contributed by atoms with van der Waals surface area (Å²) in [7, 11) is 0. The summed E-state index contributed by atoms with van der Waals surface area (Å²) in [6, 6.07) is 22.9. The van der Waals surface area contributed by atoms with Gasteiger partial charge in [-0.3, -0.25) is 9.36 Å². The van der Waals surface area contributed by atoms with Crippen molar-refractivity contribution in [3.8, 4) is 5.69 Å². The van der Waals surface area contributed by atoms with Gasteiger partial charge in [0.1, 0.15) is 0 Å². The maximum absolute atomic E-state index is 12.4. The third-order valence-corrected chi connectivity index (χ3v) is 5.76. The Morgan fingerprint density at radius 2 is 1.71 bits per heavy atom. The number of carbonyl (C=O) groups is 1. The quantitative estimate of drug-likeness (QED) is 0.393. The molecule has 0 saturated heterocycles. The lowest BCUT2D eigenvalue weighted by atomic mass is 10.3. The summed E-state index contributed by atoms with van der Waals surface area (Å²) in [5.41, 5.74) is 3.50. The number of aromatic nitrogens is 2. The highest BCUT2D eigenvalue weighted by atomic mass is 35.5. The van der Waals surface area contributed by atoms with E-state index in [1.165, 1.54) is 11.8 Å². The van der Waals surface area contributed by atoms with Gasteiger partial charge in [-0.1, -0.05) is 65.3 Å². The van der Waals surface area contributed by atoms with Crippen molar-refractivity contribution in [2.45, 2.75) is 5.16 Å². The zero-order valence-corrected chi connectivity index (χ0v) is 16.9. The van der Waals surface area contributed by atoms with Gasteiger partial charge in [-0.2, -0.15) is 0 Å². The molecule has 1 N–H and O–H groups in total. The number of benzene rings is 3. The van der Waals surface area contributed by atoms with E-state index in [-0.39, 0.29) is 11.7 Å². The summed E-state index contributed by atoms with van der Waals surface area (Å²) >= 11 is 13.3. The Morgan fingerprint density at radius 3 is 2.50 bits per heavy atom. The van der Waals surface area contributed by atoms with E-state index in [0.29, 0.717) is 15.7 Å². The number of anilines is 1. The van der Waals surface area contributed by atoms with Crippen molar-refractivity contribution < 1.29 is 4.79 Å². The molecule has 0 aliphatic rings. The average molecular weight is 428 g/mol. The van der Waals surface area contributed by atoms with Crippen LogP contribution in [0.2, 0.25) is 10.0 Å². The maximum atomic E-state index is 12.4. The SMILES string of the molecule is O=C(CSc1nc2ccccc2n1-c1ccccc1)Nc1ccc(Cl)c(Cl)c1. The van der Waals surface area contributed by atoms with Crippen LogP contribution in [0.1, 0.15) is 0 Å². The number of fused-ring (bicyclic) bond motifs is 1. The predicted molar refractivity (Wildman–Crippen MR) is 117 cm³/mol. The van der Waals surface area contributed by atoms with E-state index in [2.05, 4.69) is 9.88 Å². The topological polar surface area (TPSA) is 46.9 Å². The third kappa shape index (κ3) is 4.02. The van der Waals surface area contributed by atoms with E-state index in [9.17, 15) is 4.79 Å². The van der Waals surface area contributed by atoms with Gasteiger partial charge in [0.05, 0.1) is 26.8 Å². The number of hydrogen-bond acceptors (Lipinski definition) is 3. The van der Waals surface area contributed by atoms with E-state index in [1.807, 2.05) is 54.6 Å². The van der Waals surface area contributed by atoms with Gasteiger partial charge in [0.2, 0.25) is 5.91 Å². The van der Waals surface area contributed by atoms with Crippen molar-refractivity contribution in [1.82, 2.24) is 9.55 Å². The van der Waals surface area contributed by atoms with Gasteiger partial charge in [-0.25, -0.2) is 4.98 Å². The number of imidazole rings is 1. The second-order valence-corrected chi connectivity index (χ2v) is 7.78. The normalized spacial score (nSPS) is 10.9. The third-order valence-electron chi connectivity index (χ3n) is 4.08. The molecule has 4 aromatic rings. The van der Waals surface area contributed by atoms with Crippen molar-refractivity contribution >= 4 is 57.6 Å². The highest BCUT2D eigenvalue weighted by Gasteiger charge is 2.14.